The molecule has 0 saturated heterocycles. The first kappa shape index (κ1) is 11.6. The van der Waals surface area contributed by atoms with Gasteiger partial charge in [0.25, 0.3) is 7.41 Å². The first-order chi connectivity index (χ1) is 6.25. The highest BCUT2D eigenvalue weighted by Crippen LogP contribution is 2.38. The number of hydrogen-bond donors (Lipinski definition) is 0. The molecule has 0 atom stereocenters. The molecule has 1 heterocycles. The van der Waals surface area contributed by atoms with Gasteiger partial charge in [-0.25, -0.2) is 0 Å². The third-order valence-corrected chi connectivity index (χ3v) is 9.01. The Morgan fingerprint density at radius 3 is 2.29 bits per heavy atom. The fraction of sp³-hybridized carbons (Fsp3) is 0.636. The molecule has 14 heavy (non-hydrogen) atoms. The predicted octanol–water partition coefficient (Wildman–Crippen LogP) is 3.08. The van der Waals surface area contributed by atoms with E-state index in [9.17, 15) is 0 Å². The molecule has 0 saturated carbocycles. The van der Waals surface area contributed by atoms with Crippen molar-refractivity contribution in [3.8, 4) is 0 Å². The minimum absolute atomic E-state index is 0.426. The zero-order valence-electron chi connectivity index (χ0n) is 10.4. The molecular weight excluding hydrogens is 185 g/mol. The number of nitrogens with zero attached hydrogens (tertiary/aromatic N) is 1. The Morgan fingerprint density at radius 1 is 1.29 bits per heavy atom. The van der Waals surface area contributed by atoms with Crippen LogP contribution in [0.5, 0.6) is 0 Å². The predicted molar refractivity (Wildman–Crippen MR) is 69.1 cm³/mol. The molecule has 1 aliphatic heterocycles. The first-order valence-corrected chi connectivity index (χ1v) is 8.31. The molecule has 0 unspecified atom stereocenters. The molecular formula is C11H22BNSi. The Kier molecular flexibility index (Phi) is 3.00. The highest BCUT2D eigenvalue weighted by atomic mass is 28.3. The van der Waals surface area contributed by atoms with Crippen molar-refractivity contribution in [3.05, 3.63) is 23.8 Å². The largest absolute Gasteiger partial charge is 0.447 e. The van der Waals surface area contributed by atoms with Gasteiger partial charge in [-0.3, -0.25) is 0 Å². The van der Waals surface area contributed by atoms with E-state index < -0.39 is 8.24 Å². The van der Waals surface area contributed by atoms with E-state index in [0.717, 1.165) is 7.41 Å². The van der Waals surface area contributed by atoms with Crippen molar-refractivity contribution in [2.45, 2.75) is 45.8 Å². The maximum Gasteiger partial charge on any atom is 0.253 e. The normalized spacial score (nSPS) is 17.9. The summed E-state index contributed by atoms with van der Waals surface area (Å²) in [6, 6.07) is 0. The second-order valence-electron chi connectivity index (χ2n) is 5.74. The summed E-state index contributed by atoms with van der Waals surface area (Å²) in [5.74, 6) is 2.27. The minimum atomic E-state index is -1.34. The summed E-state index contributed by atoms with van der Waals surface area (Å²) in [6.07, 6.45) is 4.54. The van der Waals surface area contributed by atoms with Gasteiger partial charge in [-0.2, -0.15) is 0 Å². The van der Waals surface area contributed by atoms with E-state index >= 15 is 0 Å². The lowest BCUT2D eigenvalue weighted by molar-refractivity contribution is 0.655. The fourth-order valence-electron chi connectivity index (χ4n) is 1.51. The summed E-state index contributed by atoms with van der Waals surface area (Å²) in [5, 5.41) is 0.426. The highest BCUT2D eigenvalue weighted by molar-refractivity contribution is 6.83. The van der Waals surface area contributed by atoms with Crippen LogP contribution < -0.4 is 0 Å². The maximum absolute atomic E-state index is 2.57. The summed E-state index contributed by atoms with van der Waals surface area (Å²) in [4.78, 5) is 0. The summed E-state index contributed by atoms with van der Waals surface area (Å²) >= 11 is 0. The van der Waals surface area contributed by atoms with Gasteiger partial charge >= 0.3 is 0 Å². The molecule has 3 heteroatoms. The molecule has 1 nitrogen and oxygen atoms in total. The first-order valence-electron chi connectivity index (χ1n) is 5.37. The van der Waals surface area contributed by atoms with Crippen LogP contribution in [0.1, 0.15) is 27.7 Å². The van der Waals surface area contributed by atoms with Crippen molar-refractivity contribution in [1.82, 2.24) is 4.48 Å². The van der Waals surface area contributed by atoms with E-state index in [-0.39, 0.29) is 0 Å². The molecule has 1 rings (SSSR count). The van der Waals surface area contributed by atoms with Crippen LogP contribution in [-0.4, -0.2) is 20.1 Å². The quantitative estimate of drug-likeness (QED) is 0.597. The Hall–Kier alpha value is -0.438. The highest BCUT2D eigenvalue weighted by Gasteiger charge is 2.39. The van der Waals surface area contributed by atoms with Crippen LogP contribution in [0, 0.1) is 0 Å². The second kappa shape index (κ2) is 3.61. The number of hydrogen-bond acceptors (Lipinski definition) is 1. The Morgan fingerprint density at radius 2 is 1.86 bits per heavy atom. The third-order valence-electron chi connectivity index (χ3n) is 3.60. The molecule has 0 N–H and O–H groups in total. The Labute approximate surface area is 90.2 Å². The van der Waals surface area contributed by atoms with Crippen LogP contribution >= 0.6 is 0 Å². The molecule has 78 valence electrons. The van der Waals surface area contributed by atoms with Crippen LogP contribution in [0.2, 0.25) is 18.1 Å². The summed E-state index contributed by atoms with van der Waals surface area (Å²) < 4.78 is 2.57. The average Bonchev–Trinajstić information content (AvgIpc) is 2.02. The van der Waals surface area contributed by atoms with Gasteiger partial charge in [-0.15, -0.1) is 0 Å². The molecule has 0 aliphatic carbocycles. The summed E-state index contributed by atoms with van der Waals surface area (Å²) in [6.45, 7) is 14.2. The number of allylic oxidation sites excluding steroid dienone is 2. The standard InChI is InChI=1S/C11H22BNSi/c1-10-7-8-12-13(9-10)14(5,6)11(2,3)4/h7-9,12H,1-6H3. The van der Waals surface area contributed by atoms with E-state index in [2.05, 4.69) is 63.5 Å². The molecule has 0 fully saturated rings. The Balaban J connectivity index is 2.90. The smallest absolute Gasteiger partial charge is 0.253 e. The fourth-order valence-corrected chi connectivity index (χ4v) is 3.46. The second-order valence-corrected chi connectivity index (χ2v) is 10.9. The SMILES string of the molecule is CC1=CN([Si](C)(C)C(C)(C)C)BC=C1. The molecule has 0 radical (unpaired) electrons. The third kappa shape index (κ3) is 2.14. The van der Waals surface area contributed by atoms with E-state index in [0.29, 0.717) is 5.04 Å². The molecule has 0 aromatic carbocycles. The lowest BCUT2D eigenvalue weighted by Crippen LogP contribution is -2.54. The van der Waals surface area contributed by atoms with Crippen LogP contribution in [-0.2, 0) is 0 Å². The van der Waals surface area contributed by atoms with E-state index in [1.54, 1.807) is 0 Å². The minimum Gasteiger partial charge on any atom is -0.447 e. The molecule has 0 amide bonds. The van der Waals surface area contributed by atoms with Crippen LogP contribution in [0.15, 0.2) is 23.8 Å². The monoisotopic (exact) mass is 207 g/mol. The van der Waals surface area contributed by atoms with Crippen molar-refractivity contribution < 1.29 is 0 Å². The van der Waals surface area contributed by atoms with Gasteiger partial charge in [0.15, 0.2) is 0 Å². The van der Waals surface area contributed by atoms with Gasteiger partial charge in [0, 0.05) is 0 Å². The zero-order valence-corrected chi connectivity index (χ0v) is 11.4. The van der Waals surface area contributed by atoms with Gasteiger partial charge in [0.1, 0.15) is 8.24 Å². The van der Waals surface area contributed by atoms with E-state index in [4.69, 9.17) is 0 Å². The van der Waals surface area contributed by atoms with Crippen LogP contribution in [0.3, 0.4) is 0 Å². The lowest BCUT2D eigenvalue weighted by atomic mass is 9.91. The van der Waals surface area contributed by atoms with Crippen molar-refractivity contribution in [3.63, 3.8) is 0 Å². The van der Waals surface area contributed by atoms with Crippen molar-refractivity contribution in [2.24, 2.45) is 0 Å². The van der Waals surface area contributed by atoms with Gasteiger partial charge in [0.05, 0.1) is 0 Å². The molecule has 0 aromatic rings. The summed E-state index contributed by atoms with van der Waals surface area (Å²) in [5.41, 5.74) is 1.38. The topological polar surface area (TPSA) is 3.24 Å². The Bertz CT molecular complexity index is 274. The van der Waals surface area contributed by atoms with Crippen LogP contribution in [0.25, 0.3) is 0 Å². The van der Waals surface area contributed by atoms with Gasteiger partial charge in [0.2, 0.25) is 0 Å². The number of rotatable bonds is 1. The van der Waals surface area contributed by atoms with Crippen molar-refractivity contribution in [2.75, 3.05) is 0 Å². The molecule has 0 aromatic heterocycles. The molecule has 0 bridgehead atoms. The molecule has 0 spiro atoms. The van der Waals surface area contributed by atoms with E-state index in [1.165, 1.54) is 5.57 Å². The van der Waals surface area contributed by atoms with Crippen molar-refractivity contribution >= 4 is 15.6 Å². The maximum atomic E-state index is 2.57. The van der Waals surface area contributed by atoms with E-state index in [1.807, 2.05) is 0 Å². The lowest BCUT2D eigenvalue weighted by Gasteiger charge is -2.46. The van der Waals surface area contributed by atoms with Gasteiger partial charge < -0.3 is 4.48 Å². The zero-order chi connectivity index (χ0) is 11.0. The average molecular weight is 207 g/mol. The molecule has 1 aliphatic rings. The van der Waals surface area contributed by atoms with Gasteiger partial charge in [-0.1, -0.05) is 45.9 Å². The van der Waals surface area contributed by atoms with Gasteiger partial charge in [-0.05, 0) is 23.7 Å². The van der Waals surface area contributed by atoms with Crippen molar-refractivity contribution in [1.29, 1.82) is 0 Å². The summed E-state index contributed by atoms with van der Waals surface area (Å²) in [7, 11) is -0.249. The van der Waals surface area contributed by atoms with Crippen LogP contribution in [0.4, 0.5) is 0 Å².